The second-order valence-corrected chi connectivity index (χ2v) is 7.75. The minimum atomic E-state index is -0.174. The third-order valence-corrected chi connectivity index (χ3v) is 5.64. The molecule has 1 aliphatic heterocycles. The topological polar surface area (TPSA) is 75.4 Å². The highest BCUT2D eigenvalue weighted by molar-refractivity contribution is 6.33. The molecule has 1 aliphatic rings. The molecule has 1 N–H and O–H groups in total. The third-order valence-electron chi connectivity index (χ3n) is 5.31. The predicted molar refractivity (Wildman–Crippen MR) is 107 cm³/mol. The Morgan fingerprint density at radius 2 is 2.11 bits per heavy atom. The van der Waals surface area contributed by atoms with Crippen LogP contribution in [0.25, 0.3) is 0 Å². The van der Waals surface area contributed by atoms with Gasteiger partial charge in [-0.3, -0.25) is 9.59 Å². The van der Waals surface area contributed by atoms with Gasteiger partial charge in [-0.25, -0.2) is 0 Å². The second kappa shape index (κ2) is 9.24. The van der Waals surface area contributed by atoms with Gasteiger partial charge in [-0.15, -0.1) is 0 Å². The summed E-state index contributed by atoms with van der Waals surface area (Å²) in [7, 11) is 0. The van der Waals surface area contributed by atoms with Crippen LogP contribution in [0.5, 0.6) is 0 Å². The number of aromatic nitrogens is 1. The zero-order valence-electron chi connectivity index (χ0n) is 16.3. The highest BCUT2D eigenvalue weighted by Crippen LogP contribution is 2.20. The number of amides is 2. The Labute approximate surface area is 170 Å². The highest BCUT2D eigenvalue weighted by atomic mass is 35.5. The molecule has 0 saturated carbocycles. The van der Waals surface area contributed by atoms with Crippen LogP contribution in [0.2, 0.25) is 5.02 Å². The van der Waals surface area contributed by atoms with Crippen molar-refractivity contribution < 1.29 is 14.1 Å². The summed E-state index contributed by atoms with van der Waals surface area (Å²) in [5.41, 5.74) is 2.35. The van der Waals surface area contributed by atoms with E-state index in [2.05, 4.69) is 10.5 Å². The fourth-order valence-corrected chi connectivity index (χ4v) is 3.91. The lowest BCUT2D eigenvalue weighted by atomic mass is 9.97. The normalized spacial score (nSPS) is 16.8. The number of nitrogens with one attached hydrogen (secondary N) is 1. The summed E-state index contributed by atoms with van der Waals surface area (Å²) in [6.45, 7) is 5.75. The van der Waals surface area contributed by atoms with Gasteiger partial charge in [0.1, 0.15) is 5.76 Å². The average molecular weight is 404 g/mol. The minimum Gasteiger partial charge on any atom is -0.361 e. The van der Waals surface area contributed by atoms with Crippen LogP contribution in [-0.4, -0.2) is 41.5 Å². The monoisotopic (exact) mass is 403 g/mol. The minimum absolute atomic E-state index is 0.141. The molecule has 3 rings (SSSR count). The third kappa shape index (κ3) is 4.93. The standard InChI is InChI=1S/C21H26ClN3O3/c1-14-17(15(2)28-24-14)9-10-20(26)25-11-5-6-16(13-25)12-23-21(27)18-7-3-4-8-19(18)22/h3-4,7-8,16H,5-6,9-13H2,1-2H3,(H,23,27)/t16-/m0/s1. The molecule has 0 bridgehead atoms. The molecule has 1 aromatic heterocycles. The lowest BCUT2D eigenvalue weighted by molar-refractivity contribution is -0.132. The summed E-state index contributed by atoms with van der Waals surface area (Å²) in [6, 6.07) is 7.01. The van der Waals surface area contributed by atoms with Gasteiger partial charge in [-0.1, -0.05) is 28.9 Å². The average Bonchev–Trinajstić information content (AvgIpc) is 3.02. The van der Waals surface area contributed by atoms with Crippen molar-refractivity contribution in [2.45, 2.75) is 39.5 Å². The number of piperidine rings is 1. The zero-order valence-corrected chi connectivity index (χ0v) is 17.1. The van der Waals surface area contributed by atoms with Gasteiger partial charge in [0.25, 0.3) is 5.91 Å². The number of carbonyl (C=O) groups is 2. The Morgan fingerprint density at radius 1 is 1.32 bits per heavy atom. The number of carbonyl (C=O) groups excluding carboxylic acids is 2. The van der Waals surface area contributed by atoms with Gasteiger partial charge in [-0.05, 0) is 51.2 Å². The van der Waals surface area contributed by atoms with Gasteiger partial charge in [0.2, 0.25) is 5.91 Å². The molecule has 28 heavy (non-hydrogen) atoms. The fraction of sp³-hybridized carbons (Fsp3) is 0.476. The van der Waals surface area contributed by atoms with Crippen LogP contribution >= 0.6 is 11.6 Å². The Bertz CT molecular complexity index is 830. The van der Waals surface area contributed by atoms with E-state index in [9.17, 15) is 9.59 Å². The molecular formula is C21H26ClN3O3. The van der Waals surface area contributed by atoms with Gasteiger partial charge in [0.15, 0.2) is 0 Å². The van der Waals surface area contributed by atoms with E-state index >= 15 is 0 Å². The van der Waals surface area contributed by atoms with E-state index in [1.54, 1.807) is 24.3 Å². The lowest BCUT2D eigenvalue weighted by Gasteiger charge is -2.33. The van der Waals surface area contributed by atoms with Crippen molar-refractivity contribution in [3.05, 3.63) is 51.9 Å². The molecule has 1 atom stereocenters. The van der Waals surface area contributed by atoms with Crippen molar-refractivity contribution in [2.75, 3.05) is 19.6 Å². The molecule has 2 heterocycles. The van der Waals surface area contributed by atoms with Crippen LogP contribution in [0.1, 0.15) is 46.6 Å². The maximum absolute atomic E-state index is 12.6. The number of likely N-dealkylation sites (tertiary alicyclic amines) is 1. The summed E-state index contributed by atoms with van der Waals surface area (Å²) in [5, 5.41) is 7.34. The van der Waals surface area contributed by atoms with E-state index in [0.717, 1.165) is 36.4 Å². The van der Waals surface area contributed by atoms with Crippen LogP contribution in [0.4, 0.5) is 0 Å². The second-order valence-electron chi connectivity index (χ2n) is 7.34. The first kappa shape index (κ1) is 20.4. The van der Waals surface area contributed by atoms with Crippen molar-refractivity contribution in [2.24, 2.45) is 5.92 Å². The molecule has 2 aromatic rings. The number of rotatable bonds is 6. The fourth-order valence-electron chi connectivity index (χ4n) is 3.68. The van der Waals surface area contributed by atoms with Crippen LogP contribution in [-0.2, 0) is 11.2 Å². The molecule has 0 radical (unpaired) electrons. The maximum atomic E-state index is 12.6. The first-order valence-corrected chi connectivity index (χ1v) is 10.1. The molecule has 6 nitrogen and oxygen atoms in total. The Kier molecular flexibility index (Phi) is 6.73. The highest BCUT2D eigenvalue weighted by Gasteiger charge is 2.24. The van der Waals surface area contributed by atoms with Gasteiger partial charge >= 0.3 is 0 Å². The van der Waals surface area contributed by atoms with Crippen molar-refractivity contribution in [1.82, 2.24) is 15.4 Å². The van der Waals surface area contributed by atoms with Crippen LogP contribution < -0.4 is 5.32 Å². The predicted octanol–water partition coefficient (Wildman–Crippen LogP) is 3.55. The molecule has 0 unspecified atom stereocenters. The molecular weight excluding hydrogens is 378 g/mol. The first-order valence-electron chi connectivity index (χ1n) is 9.68. The SMILES string of the molecule is Cc1noc(C)c1CCC(=O)N1CCC[C@@H](CNC(=O)c2ccccc2Cl)C1. The number of hydrogen-bond acceptors (Lipinski definition) is 4. The quantitative estimate of drug-likeness (QED) is 0.800. The summed E-state index contributed by atoms with van der Waals surface area (Å²) in [6.07, 6.45) is 3.03. The van der Waals surface area contributed by atoms with Crippen molar-refractivity contribution >= 4 is 23.4 Å². The van der Waals surface area contributed by atoms with Crippen molar-refractivity contribution in [3.8, 4) is 0 Å². The number of nitrogens with zero attached hydrogens (tertiary/aromatic N) is 2. The summed E-state index contributed by atoms with van der Waals surface area (Å²) in [5.74, 6) is 1.00. The summed E-state index contributed by atoms with van der Waals surface area (Å²) >= 11 is 6.08. The number of benzene rings is 1. The zero-order chi connectivity index (χ0) is 20.1. The number of aryl methyl sites for hydroxylation is 2. The summed E-state index contributed by atoms with van der Waals surface area (Å²) < 4.78 is 5.16. The van der Waals surface area contributed by atoms with Gasteiger partial charge in [-0.2, -0.15) is 0 Å². The van der Waals surface area contributed by atoms with E-state index in [4.69, 9.17) is 16.1 Å². The molecule has 2 amide bonds. The molecule has 0 aliphatic carbocycles. The lowest BCUT2D eigenvalue weighted by Crippen LogP contribution is -2.43. The van der Waals surface area contributed by atoms with E-state index in [0.29, 0.717) is 36.5 Å². The van der Waals surface area contributed by atoms with E-state index in [-0.39, 0.29) is 17.7 Å². The maximum Gasteiger partial charge on any atom is 0.252 e. The largest absolute Gasteiger partial charge is 0.361 e. The Morgan fingerprint density at radius 3 is 2.82 bits per heavy atom. The van der Waals surface area contributed by atoms with Gasteiger partial charge in [0.05, 0.1) is 16.3 Å². The molecule has 0 spiro atoms. The van der Waals surface area contributed by atoms with Crippen molar-refractivity contribution in [1.29, 1.82) is 0 Å². The van der Waals surface area contributed by atoms with E-state index in [1.165, 1.54) is 0 Å². The molecule has 150 valence electrons. The Balaban J connectivity index is 1.49. The molecule has 1 fully saturated rings. The molecule has 1 aromatic carbocycles. The van der Waals surface area contributed by atoms with Gasteiger partial charge in [0, 0.05) is 31.6 Å². The Hall–Kier alpha value is -2.34. The molecule has 1 saturated heterocycles. The van der Waals surface area contributed by atoms with Crippen molar-refractivity contribution in [3.63, 3.8) is 0 Å². The first-order chi connectivity index (χ1) is 13.5. The van der Waals surface area contributed by atoms with Gasteiger partial charge < -0.3 is 14.7 Å². The number of hydrogen-bond donors (Lipinski definition) is 1. The van der Waals surface area contributed by atoms with Crippen LogP contribution in [0.15, 0.2) is 28.8 Å². The number of halogens is 1. The summed E-state index contributed by atoms with van der Waals surface area (Å²) in [4.78, 5) is 26.9. The van der Waals surface area contributed by atoms with E-state index in [1.807, 2.05) is 18.7 Å². The van der Waals surface area contributed by atoms with Crippen LogP contribution in [0, 0.1) is 19.8 Å². The van der Waals surface area contributed by atoms with Crippen LogP contribution in [0.3, 0.4) is 0 Å². The van der Waals surface area contributed by atoms with E-state index < -0.39 is 0 Å². The molecule has 7 heteroatoms. The smallest absolute Gasteiger partial charge is 0.252 e.